The number of methoxy groups -OCH3 is 4. The van der Waals surface area contributed by atoms with E-state index in [1.165, 1.54) is 14.2 Å². The van der Waals surface area contributed by atoms with Crippen LogP contribution in [0.15, 0.2) is 23.2 Å². The van der Waals surface area contributed by atoms with Gasteiger partial charge in [0.1, 0.15) is 5.92 Å². The normalized spacial score (nSPS) is 12.3. The zero-order valence-electron chi connectivity index (χ0n) is 14.6. The Balaban J connectivity index is 2.93. The van der Waals surface area contributed by atoms with Crippen LogP contribution in [0.1, 0.15) is 18.9 Å². The molecule has 7 nitrogen and oxygen atoms in total. The van der Waals surface area contributed by atoms with Gasteiger partial charge in [-0.25, -0.2) is 0 Å². The molecule has 1 rings (SSSR count). The minimum atomic E-state index is -0.761. The molecule has 0 fully saturated rings. The first kappa shape index (κ1) is 19.5. The summed E-state index contributed by atoms with van der Waals surface area (Å²) < 4.78 is 19.8. The molecule has 0 saturated heterocycles. The lowest BCUT2D eigenvalue weighted by Gasteiger charge is -2.14. The van der Waals surface area contributed by atoms with Gasteiger partial charge in [0.2, 0.25) is 0 Å². The van der Waals surface area contributed by atoms with Gasteiger partial charge in [0.05, 0.1) is 41.4 Å². The second-order valence-corrected chi connectivity index (χ2v) is 5.00. The fourth-order valence-corrected chi connectivity index (χ4v) is 2.10. The molecular formula is C17H23NO6. The average molecular weight is 337 g/mol. The maximum Gasteiger partial charge on any atom is 0.314 e. The van der Waals surface area contributed by atoms with Crippen molar-refractivity contribution >= 4 is 17.7 Å². The van der Waals surface area contributed by atoms with Gasteiger partial charge in [0.15, 0.2) is 11.5 Å². The number of esters is 2. The quantitative estimate of drug-likeness (QED) is 0.533. The Labute approximate surface area is 141 Å². The first-order chi connectivity index (χ1) is 11.5. The van der Waals surface area contributed by atoms with Crippen molar-refractivity contribution in [2.24, 2.45) is 10.9 Å². The first-order valence-corrected chi connectivity index (χ1v) is 7.33. The number of carbonyl (C=O) groups excluding carboxylic acids is 2. The highest BCUT2D eigenvalue weighted by molar-refractivity contribution is 6.03. The van der Waals surface area contributed by atoms with Gasteiger partial charge >= 0.3 is 11.9 Å². The Kier molecular flexibility index (Phi) is 7.74. The number of nitrogens with zero attached hydrogens (tertiary/aromatic N) is 1. The van der Waals surface area contributed by atoms with Crippen LogP contribution >= 0.6 is 0 Å². The van der Waals surface area contributed by atoms with E-state index in [0.717, 1.165) is 5.56 Å². The lowest BCUT2D eigenvalue weighted by molar-refractivity contribution is -0.149. The summed E-state index contributed by atoms with van der Waals surface area (Å²) in [7, 11) is 5.66. The van der Waals surface area contributed by atoms with E-state index in [0.29, 0.717) is 23.8 Å². The summed E-state index contributed by atoms with van der Waals surface area (Å²) in [5.74, 6) is -0.551. The van der Waals surface area contributed by atoms with Crippen LogP contribution in [-0.4, -0.2) is 46.1 Å². The molecule has 0 aromatic heterocycles. The van der Waals surface area contributed by atoms with Crippen LogP contribution in [0, 0.1) is 5.92 Å². The molecule has 0 radical (unpaired) electrons. The van der Waals surface area contributed by atoms with Crippen LogP contribution in [0.5, 0.6) is 11.5 Å². The fraction of sp³-hybridized carbons (Fsp3) is 0.471. The molecule has 0 aliphatic rings. The van der Waals surface area contributed by atoms with Crippen molar-refractivity contribution in [1.29, 1.82) is 0 Å². The van der Waals surface area contributed by atoms with E-state index < -0.39 is 17.9 Å². The molecule has 0 aliphatic heterocycles. The van der Waals surface area contributed by atoms with Crippen LogP contribution in [-0.2, 0) is 25.6 Å². The summed E-state index contributed by atoms with van der Waals surface area (Å²) in [4.78, 5) is 27.7. The molecule has 7 heteroatoms. The van der Waals surface area contributed by atoms with E-state index in [2.05, 4.69) is 9.73 Å². The fourth-order valence-electron chi connectivity index (χ4n) is 2.10. The molecule has 1 atom stereocenters. The van der Waals surface area contributed by atoms with Crippen molar-refractivity contribution in [2.45, 2.75) is 19.9 Å². The maximum absolute atomic E-state index is 11.9. The lowest BCUT2D eigenvalue weighted by Crippen LogP contribution is -2.27. The first-order valence-electron chi connectivity index (χ1n) is 7.33. The summed E-state index contributed by atoms with van der Waals surface area (Å²) in [6.07, 6.45) is -0.107. The molecule has 1 unspecified atom stereocenters. The third kappa shape index (κ3) is 5.26. The number of ether oxygens (including phenoxy) is 4. The zero-order chi connectivity index (χ0) is 18.1. The van der Waals surface area contributed by atoms with Gasteiger partial charge in [-0.15, -0.1) is 0 Å². The molecule has 0 N–H and O–H groups in total. The van der Waals surface area contributed by atoms with Gasteiger partial charge in [-0.3, -0.25) is 14.6 Å². The second-order valence-electron chi connectivity index (χ2n) is 5.00. The van der Waals surface area contributed by atoms with Crippen molar-refractivity contribution in [2.75, 3.05) is 28.4 Å². The number of carbonyl (C=O) groups is 2. The minimum absolute atomic E-state index is 0.107. The molecule has 0 amide bonds. The van der Waals surface area contributed by atoms with Gasteiger partial charge < -0.3 is 18.9 Å². The van der Waals surface area contributed by atoms with Crippen molar-refractivity contribution in [3.8, 4) is 11.5 Å². The zero-order valence-corrected chi connectivity index (χ0v) is 14.6. The summed E-state index contributed by atoms with van der Waals surface area (Å²) >= 11 is 0. The van der Waals surface area contributed by atoms with Crippen molar-refractivity contribution in [3.05, 3.63) is 23.8 Å². The van der Waals surface area contributed by atoms with E-state index >= 15 is 0 Å². The third-order valence-electron chi connectivity index (χ3n) is 3.55. The van der Waals surface area contributed by atoms with Gasteiger partial charge in [-0.1, -0.05) is 6.07 Å². The molecule has 0 aliphatic carbocycles. The van der Waals surface area contributed by atoms with E-state index in [4.69, 9.17) is 14.2 Å². The predicted molar refractivity (Wildman–Crippen MR) is 88.5 cm³/mol. The Hall–Kier alpha value is -2.57. The largest absolute Gasteiger partial charge is 0.493 e. The predicted octanol–water partition coefficient (Wildman–Crippen LogP) is 2.02. The number of hydrogen-bond acceptors (Lipinski definition) is 7. The van der Waals surface area contributed by atoms with E-state index in [1.807, 2.05) is 12.1 Å². The molecule has 0 spiro atoms. The third-order valence-corrected chi connectivity index (χ3v) is 3.55. The Bertz CT molecular complexity index is 611. The molecule has 1 aromatic carbocycles. The van der Waals surface area contributed by atoms with Crippen LogP contribution < -0.4 is 9.47 Å². The standard InChI is InChI=1S/C17H23NO6/c1-11(13(17(20)24-5)9-16(19)23-4)18-10-12-6-7-14(21-2)15(8-12)22-3/h6-8,13H,9-10H2,1-5H3. The smallest absolute Gasteiger partial charge is 0.314 e. The second kappa shape index (κ2) is 9.54. The summed E-state index contributed by atoms with van der Waals surface area (Å²) in [5.41, 5.74) is 1.38. The topological polar surface area (TPSA) is 83.4 Å². The SMILES string of the molecule is COC(=O)CC(C(=O)OC)C(C)=NCc1ccc(OC)c(OC)c1. The summed E-state index contributed by atoms with van der Waals surface area (Å²) in [5, 5.41) is 0. The van der Waals surface area contributed by atoms with Gasteiger partial charge in [0.25, 0.3) is 0 Å². The number of aliphatic imine (C=N–C) groups is 1. The van der Waals surface area contributed by atoms with Crippen molar-refractivity contribution in [1.82, 2.24) is 0 Å². The van der Waals surface area contributed by atoms with E-state index in [9.17, 15) is 9.59 Å². The number of benzene rings is 1. The summed E-state index contributed by atoms with van der Waals surface area (Å²) in [6, 6.07) is 5.44. The Morgan fingerprint density at radius 2 is 1.71 bits per heavy atom. The highest BCUT2D eigenvalue weighted by Gasteiger charge is 2.26. The van der Waals surface area contributed by atoms with Crippen LogP contribution in [0.3, 0.4) is 0 Å². The summed E-state index contributed by atoms with van der Waals surface area (Å²) in [6.45, 7) is 2.02. The highest BCUT2D eigenvalue weighted by atomic mass is 16.5. The van der Waals surface area contributed by atoms with Crippen molar-refractivity contribution in [3.63, 3.8) is 0 Å². The average Bonchev–Trinajstić information content (AvgIpc) is 2.62. The monoisotopic (exact) mass is 337 g/mol. The van der Waals surface area contributed by atoms with E-state index in [1.54, 1.807) is 27.2 Å². The molecule has 0 saturated carbocycles. The molecule has 24 heavy (non-hydrogen) atoms. The number of hydrogen-bond donors (Lipinski definition) is 0. The highest BCUT2D eigenvalue weighted by Crippen LogP contribution is 2.27. The molecule has 0 bridgehead atoms. The van der Waals surface area contributed by atoms with Gasteiger partial charge in [-0.05, 0) is 24.6 Å². The van der Waals surface area contributed by atoms with Crippen LogP contribution in [0.2, 0.25) is 0 Å². The van der Waals surface area contributed by atoms with E-state index in [-0.39, 0.29) is 6.42 Å². The minimum Gasteiger partial charge on any atom is -0.493 e. The Morgan fingerprint density at radius 1 is 1.04 bits per heavy atom. The lowest BCUT2D eigenvalue weighted by atomic mass is 10.0. The number of rotatable bonds is 8. The van der Waals surface area contributed by atoms with Crippen LogP contribution in [0.25, 0.3) is 0 Å². The molecule has 0 heterocycles. The van der Waals surface area contributed by atoms with Crippen LogP contribution in [0.4, 0.5) is 0 Å². The molecule has 132 valence electrons. The van der Waals surface area contributed by atoms with Crippen molar-refractivity contribution < 1.29 is 28.5 Å². The molecular weight excluding hydrogens is 314 g/mol. The molecule has 1 aromatic rings. The maximum atomic E-state index is 11.9. The van der Waals surface area contributed by atoms with Gasteiger partial charge in [0, 0.05) is 5.71 Å². The van der Waals surface area contributed by atoms with Gasteiger partial charge in [-0.2, -0.15) is 0 Å². The Morgan fingerprint density at radius 3 is 2.25 bits per heavy atom.